The van der Waals surface area contributed by atoms with Crippen molar-refractivity contribution in [1.82, 2.24) is 0 Å². The molecule has 1 atom stereocenters. The molecule has 0 aliphatic carbocycles. The fraction of sp³-hybridized carbons (Fsp3) is 0.444. The predicted octanol–water partition coefficient (Wildman–Crippen LogP) is 4.12. The van der Waals surface area contributed by atoms with Crippen molar-refractivity contribution < 1.29 is 4.42 Å². The van der Waals surface area contributed by atoms with Crippen LogP contribution in [0.5, 0.6) is 0 Å². The summed E-state index contributed by atoms with van der Waals surface area (Å²) in [5, 5.41) is 0. The Morgan fingerprint density at radius 2 is 2.00 bits per heavy atom. The van der Waals surface area contributed by atoms with E-state index in [4.69, 9.17) is 4.42 Å². The van der Waals surface area contributed by atoms with Crippen molar-refractivity contribution in [3.05, 3.63) is 48.2 Å². The van der Waals surface area contributed by atoms with Gasteiger partial charge in [-0.25, -0.2) is 0 Å². The van der Waals surface area contributed by atoms with Crippen molar-refractivity contribution in [2.75, 3.05) is 29.4 Å². The second-order valence-electron chi connectivity index (χ2n) is 6.19. The van der Waals surface area contributed by atoms with Crippen LogP contribution >= 0.6 is 0 Å². The summed E-state index contributed by atoms with van der Waals surface area (Å²) >= 11 is 0. The van der Waals surface area contributed by atoms with Crippen LogP contribution in [-0.2, 0) is 0 Å². The van der Waals surface area contributed by atoms with Gasteiger partial charge in [-0.05, 0) is 36.6 Å². The van der Waals surface area contributed by atoms with E-state index in [1.54, 1.807) is 6.26 Å². The zero-order chi connectivity index (χ0) is 14.8. The minimum atomic E-state index is 0.451. The SMILES string of the molecule is CC(C)c1cccc(N2CCN(c3ccco3)C(C)C2)c1. The molecule has 0 saturated carbocycles. The lowest BCUT2D eigenvalue weighted by Gasteiger charge is -2.41. The van der Waals surface area contributed by atoms with Gasteiger partial charge < -0.3 is 14.2 Å². The van der Waals surface area contributed by atoms with Crippen molar-refractivity contribution in [3.8, 4) is 0 Å². The number of furan rings is 1. The minimum absolute atomic E-state index is 0.451. The third-order valence-electron chi connectivity index (χ3n) is 4.32. The topological polar surface area (TPSA) is 19.6 Å². The van der Waals surface area contributed by atoms with Crippen molar-refractivity contribution in [2.45, 2.75) is 32.7 Å². The number of piperazine rings is 1. The second-order valence-corrected chi connectivity index (χ2v) is 6.19. The Bertz CT molecular complexity index is 577. The van der Waals surface area contributed by atoms with Crippen LogP contribution in [0.3, 0.4) is 0 Å². The third-order valence-corrected chi connectivity index (χ3v) is 4.32. The molecule has 2 aromatic rings. The molecular weight excluding hydrogens is 260 g/mol. The van der Waals surface area contributed by atoms with E-state index in [0.29, 0.717) is 12.0 Å². The maximum atomic E-state index is 5.54. The first-order valence-electron chi connectivity index (χ1n) is 7.80. The van der Waals surface area contributed by atoms with E-state index in [1.165, 1.54) is 11.3 Å². The molecule has 112 valence electrons. The Balaban J connectivity index is 1.73. The minimum Gasteiger partial charge on any atom is -0.449 e. The summed E-state index contributed by atoms with van der Waals surface area (Å²) in [5.41, 5.74) is 2.75. The van der Waals surface area contributed by atoms with Gasteiger partial charge in [0.1, 0.15) is 0 Å². The van der Waals surface area contributed by atoms with Gasteiger partial charge in [0.05, 0.1) is 6.26 Å². The van der Waals surface area contributed by atoms with Crippen LogP contribution in [-0.4, -0.2) is 25.7 Å². The fourth-order valence-electron chi connectivity index (χ4n) is 3.03. The first-order chi connectivity index (χ1) is 10.1. The molecular formula is C18H24N2O. The van der Waals surface area contributed by atoms with Crippen molar-refractivity contribution in [1.29, 1.82) is 0 Å². The Hall–Kier alpha value is -1.90. The summed E-state index contributed by atoms with van der Waals surface area (Å²) < 4.78 is 5.54. The maximum absolute atomic E-state index is 5.54. The molecule has 1 saturated heterocycles. The van der Waals surface area contributed by atoms with Gasteiger partial charge in [-0.15, -0.1) is 0 Å². The lowest BCUT2D eigenvalue weighted by molar-refractivity contribution is 0.480. The van der Waals surface area contributed by atoms with Crippen molar-refractivity contribution in [2.24, 2.45) is 0 Å². The van der Waals surface area contributed by atoms with Crippen LogP contribution in [0.15, 0.2) is 47.1 Å². The Morgan fingerprint density at radius 1 is 1.14 bits per heavy atom. The summed E-state index contributed by atoms with van der Waals surface area (Å²) in [5.74, 6) is 1.56. The van der Waals surface area contributed by atoms with E-state index in [1.807, 2.05) is 12.1 Å². The molecule has 1 aromatic heterocycles. The molecule has 0 bridgehead atoms. The van der Waals surface area contributed by atoms with Gasteiger partial charge in [0.2, 0.25) is 0 Å². The fourth-order valence-corrected chi connectivity index (χ4v) is 3.03. The number of benzene rings is 1. The lowest BCUT2D eigenvalue weighted by atomic mass is 10.0. The number of hydrogen-bond donors (Lipinski definition) is 0. The highest BCUT2D eigenvalue weighted by Gasteiger charge is 2.25. The smallest absolute Gasteiger partial charge is 0.195 e. The molecule has 3 heteroatoms. The van der Waals surface area contributed by atoms with E-state index < -0.39 is 0 Å². The highest BCUT2D eigenvalue weighted by atomic mass is 16.3. The molecule has 1 aromatic carbocycles. The monoisotopic (exact) mass is 284 g/mol. The van der Waals surface area contributed by atoms with Crippen LogP contribution in [0, 0.1) is 0 Å². The summed E-state index contributed by atoms with van der Waals surface area (Å²) in [6.07, 6.45) is 1.75. The lowest BCUT2D eigenvalue weighted by Crippen LogP contribution is -2.52. The van der Waals surface area contributed by atoms with E-state index in [-0.39, 0.29) is 0 Å². The average molecular weight is 284 g/mol. The van der Waals surface area contributed by atoms with Crippen LogP contribution in [0.1, 0.15) is 32.3 Å². The molecule has 3 rings (SSSR count). The summed E-state index contributed by atoms with van der Waals surface area (Å²) in [4.78, 5) is 4.83. The number of nitrogens with zero attached hydrogens (tertiary/aromatic N) is 2. The van der Waals surface area contributed by atoms with E-state index in [0.717, 1.165) is 25.5 Å². The van der Waals surface area contributed by atoms with E-state index in [9.17, 15) is 0 Å². The zero-order valence-electron chi connectivity index (χ0n) is 13.1. The predicted molar refractivity (Wildman–Crippen MR) is 88.3 cm³/mol. The van der Waals surface area contributed by atoms with E-state index >= 15 is 0 Å². The van der Waals surface area contributed by atoms with Crippen LogP contribution in [0.25, 0.3) is 0 Å². The standard InChI is InChI=1S/C18H24N2O/c1-14(2)16-6-4-7-17(12-16)19-9-10-20(15(3)13-19)18-8-5-11-21-18/h4-8,11-12,14-15H,9-10,13H2,1-3H3. The van der Waals surface area contributed by atoms with Crippen LogP contribution < -0.4 is 9.80 Å². The molecule has 0 spiro atoms. The van der Waals surface area contributed by atoms with Gasteiger partial charge >= 0.3 is 0 Å². The Morgan fingerprint density at radius 3 is 2.67 bits per heavy atom. The highest BCUT2D eigenvalue weighted by molar-refractivity contribution is 5.51. The highest BCUT2D eigenvalue weighted by Crippen LogP contribution is 2.26. The Labute approximate surface area is 127 Å². The number of anilines is 2. The molecule has 0 N–H and O–H groups in total. The van der Waals surface area contributed by atoms with Gasteiger partial charge in [-0.1, -0.05) is 26.0 Å². The summed E-state index contributed by atoms with van der Waals surface area (Å²) in [6.45, 7) is 9.82. The van der Waals surface area contributed by atoms with Gasteiger partial charge in [0, 0.05) is 37.4 Å². The summed E-state index contributed by atoms with van der Waals surface area (Å²) in [6, 6.07) is 13.4. The van der Waals surface area contributed by atoms with Crippen LogP contribution in [0.4, 0.5) is 11.6 Å². The maximum Gasteiger partial charge on any atom is 0.195 e. The van der Waals surface area contributed by atoms with E-state index in [2.05, 4.69) is 54.8 Å². The molecule has 3 nitrogen and oxygen atoms in total. The zero-order valence-corrected chi connectivity index (χ0v) is 13.1. The normalized spacial score (nSPS) is 19.3. The van der Waals surface area contributed by atoms with Crippen molar-refractivity contribution in [3.63, 3.8) is 0 Å². The van der Waals surface area contributed by atoms with Gasteiger partial charge in [0.25, 0.3) is 0 Å². The quantitative estimate of drug-likeness (QED) is 0.845. The number of rotatable bonds is 3. The van der Waals surface area contributed by atoms with Gasteiger partial charge in [0.15, 0.2) is 5.88 Å². The van der Waals surface area contributed by atoms with Crippen molar-refractivity contribution >= 4 is 11.6 Å². The first-order valence-corrected chi connectivity index (χ1v) is 7.80. The first kappa shape index (κ1) is 14.1. The second kappa shape index (κ2) is 5.84. The Kier molecular flexibility index (Phi) is 3.91. The molecule has 2 heterocycles. The molecule has 0 radical (unpaired) electrons. The molecule has 1 aliphatic rings. The number of hydrogen-bond acceptors (Lipinski definition) is 3. The third kappa shape index (κ3) is 2.92. The molecule has 0 amide bonds. The van der Waals surface area contributed by atoms with Gasteiger partial charge in [-0.3, -0.25) is 0 Å². The molecule has 1 aliphatic heterocycles. The van der Waals surface area contributed by atoms with Crippen LogP contribution in [0.2, 0.25) is 0 Å². The molecule has 1 fully saturated rings. The van der Waals surface area contributed by atoms with Gasteiger partial charge in [-0.2, -0.15) is 0 Å². The summed E-state index contributed by atoms with van der Waals surface area (Å²) in [7, 11) is 0. The molecule has 21 heavy (non-hydrogen) atoms. The average Bonchev–Trinajstić information content (AvgIpc) is 3.01. The molecule has 1 unspecified atom stereocenters. The largest absolute Gasteiger partial charge is 0.449 e.